The number of carbonyl (C=O) groups excluding carboxylic acids is 10. The van der Waals surface area contributed by atoms with Gasteiger partial charge in [-0.25, -0.2) is 19.2 Å². The lowest BCUT2D eigenvalue weighted by molar-refractivity contribution is -0.201. The lowest BCUT2D eigenvalue weighted by atomic mass is 9.47. The third-order valence-electron chi connectivity index (χ3n) is 26.5. The van der Waals surface area contributed by atoms with Gasteiger partial charge in [-0.15, -0.1) is 0 Å². The summed E-state index contributed by atoms with van der Waals surface area (Å²) in [4.78, 5) is 203. The molecule has 11 rings (SSSR count). The summed E-state index contributed by atoms with van der Waals surface area (Å²) in [5.41, 5.74) is 5.46. The standard InChI is InChI=1S/C47H61N5O9.C46H61N7O17S2/c1-7-43(57)23-28-24-46(41(55)60-6,37-30(15-19-51(26-28)27-43)29-13-10-11-14-33(29)49-37)32-21-31-34(22-35(32)59-5)50(4)39-45(31)17-20-52-18-12-16-44(8-2,38(45)52)40(54)47(39,58)36(53)25-48-42(56)61-9-3;1-2-71-72-25-29(43(64)65)22-36(55)34(23-40(60)61)51-42(63)30(47)24-49-41(62)28(19-26-9-5-3-6-10-26)21-35(54)33(20-27-11-7-4-8-12-27)50-38(57)17-18-48-37(56)15-13-31(44(66)67)52-46(70)53-32(45(68)69)14-16-39(58)59/h10-14,16,21-22,28,38-40,49,54,57-58H,7-9,15,17-20,23-27H2,1-6H3,(H,48,56);3-12,28-34H,2,13-25,47H2,1H3,(H,48,56)(H,49,62)(H,50,57)(H,51,63)(H,58,59)(H,60,61)(H,64,65)(H,66,67)(H,68,69)(H2,52,53,70)/t28?,38-,39?,40+,43-,44+,45+,46-,47-;28-,29-,30+,31+,32+,33+,34+/m01/s1. The van der Waals surface area contributed by atoms with E-state index in [4.69, 9.17) is 25.1 Å². The number of rotatable bonds is 45. The molecule has 18 N–H and O–H groups in total. The summed E-state index contributed by atoms with van der Waals surface area (Å²) in [7, 11) is 7.47. The molecule has 38 nitrogen and oxygen atoms in total. The Morgan fingerprint density at radius 1 is 0.647 bits per heavy atom. The van der Waals surface area contributed by atoms with E-state index in [0.29, 0.717) is 99.4 Å². The fourth-order valence-electron chi connectivity index (χ4n) is 20.2. The SMILES string of the molecule is CCOC(=O)NCC(=O)[C@]1(O)C2N(C)c3cc(OC)c([C@@]4(C(=O)OC)CC5CN(CCc6c4[nH]c4ccccc64)C[C@](O)(CC)C5)cc3[C@@]23CCN2CC=C[C@@](CC)([C@H]1O)[C@H]23.CCSSC[C@@H](CC(=O)[C@H](CC(=O)O)NC(=O)[C@@H](N)CNC(=O)[C@@H](CC(=O)[C@H](Cc1ccccc1)NC(=O)CCNC(=O)CC[C@H](NC(=O)N[C@@H](CCC(=O)O)C(=O)O)C(=O)O)Cc1ccccc1)C(=O)O. The summed E-state index contributed by atoms with van der Waals surface area (Å²) in [5, 5.41) is 102. The van der Waals surface area contributed by atoms with Crippen LogP contribution < -0.4 is 52.6 Å². The van der Waals surface area contributed by atoms with E-state index in [1.54, 1.807) is 74.7 Å². The Hall–Kier alpha value is -11.5. The smallest absolute Gasteiger partial charge is 0.407 e. The highest BCUT2D eigenvalue weighted by Gasteiger charge is 2.78. The second-order valence-corrected chi connectivity index (χ2v) is 37.7. The third kappa shape index (κ3) is 23.8. The molecule has 2 saturated heterocycles. The average molecular weight is 1890 g/mol. The zero-order valence-electron chi connectivity index (χ0n) is 75.5. The fourth-order valence-corrected chi connectivity index (χ4v) is 22.2. The zero-order valence-corrected chi connectivity index (χ0v) is 77.1. The van der Waals surface area contributed by atoms with E-state index >= 15 is 4.79 Å². The van der Waals surface area contributed by atoms with E-state index in [-0.39, 0.29) is 50.1 Å². The van der Waals surface area contributed by atoms with Crippen LogP contribution in [0.4, 0.5) is 15.3 Å². The van der Waals surface area contributed by atoms with Crippen molar-refractivity contribution in [3.05, 3.63) is 143 Å². The van der Waals surface area contributed by atoms with Gasteiger partial charge < -0.3 is 108 Å². The van der Waals surface area contributed by atoms with Gasteiger partial charge in [-0.3, -0.25) is 62.5 Å². The molecule has 1 spiro atoms. The molecule has 2 bridgehead atoms. The minimum absolute atomic E-state index is 0.00754. The highest BCUT2D eigenvalue weighted by Crippen LogP contribution is 2.68. The number of nitrogens with two attached hydrogens (primary N) is 1. The first-order valence-corrected chi connectivity index (χ1v) is 47.1. The van der Waals surface area contributed by atoms with Gasteiger partial charge in [0.25, 0.3) is 0 Å². The van der Waals surface area contributed by atoms with E-state index in [9.17, 15) is 103 Å². The number of benzene rings is 4. The lowest BCUT2D eigenvalue weighted by Gasteiger charge is -2.63. The van der Waals surface area contributed by atoms with Crippen molar-refractivity contribution in [3.8, 4) is 5.75 Å². The van der Waals surface area contributed by atoms with Crippen LogP contribution in [0.25, 0.3) is 10.9 Å². The maximum atomic E-state index is 15.3. The number of anilines is 1. The lowest BCUT2D eigenvalue weighted by Crippen LogP contribution is -2.81. The van der Waals surface area contributed by atoms with Crippen LogP contribution >= 0.6 is 21.6 Å². The number of methoxy groups -OCH3 is 2. The number of aromatic amines is 1. The number of carboxylic acids is 5. The average Bonchev–Trinajstić information content (AvgIpc) is 1.48. The molecule has 40 heteroatoms. The molecule has 4 aromatic carbocycles. The summed E-state index contributed by atoms with van der Waals surface area (Å²) in [6.07, 6.45) is 0.508. The van der Waals surface area contributed by atoms with Gasteiger partial charge in [-0.2, -0.15) is 0 Å². The molecule has 133 heavy (non-hydrogen) atoms. The molecule has 3 fully saturated rings. The summed E-state index contributed by atoms with van der Waals surface area (Å²) in [6.45, 7) is 9.50. The normalized spacial score (nSPS) is 24.0. The van der Waals surface area contributed by atoms with Crippen molar-refractivity contribution in [1.29, 1.82) is 0 Å². The van der Waals surface area contributed by atoms with Crippen molar-refractivity contribution >= 4 is 127 Å². The number of nitrogens with one attached hydrogen (secondary N) is 8. The molecule has 1 saturated carbocycles. The Balaban J connectivity index is 0.000000278. The van der Waals surface area contributed by atoms with Crippen molar-refractivity contribution in [2.24, 2.45) is 28.9 Å². The summed E-state index contributed by atoms with van der Waals surface area (Å²) < 4.78 is 17.4. The van der Waals surface area contributed by atoms with Crippen LogP contribution in [0.2, 0.25) is 0 Å². The number of hydrogen-bond donors (Lipinski definition) is 17. The molecule has 5 aromatic rings. The number of hydrogen-bond acceptors (Lipinski definition) is 27. The Morgan fingerprint density at radius 3 is 1.91 bits per heavy atom. The topological polar surface area (TPSA) is 581 Å². The molecule has 0 radical (unpaired) electrons. The number of carbonyl (C=O) groups is 15. The minimum atomic E-state index is -2.36. The fraction of sp³-hybridized carbons (Fsp3) is 0.538. The van der Waals surface area contributed by atoms with E-state index in [1.165, 1.54) is 28.7 Å². The number of amides is 7. The number of carboxylic acid groups (broad SMARTS) is 5. The number of para-hydroxylation sites is 1. The Labute approximate surface area is 776 Å². The number of aliphatic carboxylic acids is 5. The van der Waals surface area contributed by atoms with Crippen LogP contribution in [0.5, 0.6) is 5.75 Å². The second-order valence-electron chi connectivity index (χ2n) is 34.9. The van der Waals surface area contributed by atoms with Crippen molar-refractivity contribution in [2.75, 3.05) is 96.6 Å². The second kappa shape index (κ2) is 45.9. The molecule has 7 amide bonds. The molecule has 3 unspecified atom stereocenters. The number of aromatic nitrogens is 1. The van der Waals surface area contributed by atoms with Gasteiger partial charge in [-0.1, -0.05) is 133 Å². The highest BCUT2D eigenvalue weighted by molar-refractivity contribution is 8.76. The van der Waals surface area contributed by atoms with Gasteiger partial charge in [0.05, 0.1) is 63.4 Å². The van der Waals surface area contributed by atoms with Crippen LogP contribution in [-0.2, 0) is 102 Å². The quantitative estimate of drug-likeness (QED) is 0.0114. The number of H-pyrrole nitrogens is 1. The van der Waals surface area contributed by atoms with E-state index < -0.39 is 229 Å². The van der Waals surface area contributed by atoms with Crippen molar-refractivity contribution < 1.29 is 127 Å². The number of aliphatic hydroxyl groups is 3. The van der Waals surface area contributed by atoms with Crippen molar-refractivity contribution in [3.63, 3.8) is 0 Å². The van der Waals surface area contributed by atoms with Crippen molar-refractivity contribution in [1.82, 2.24) is 52.0 Å². The van der Waals surface area contributed by atoms with E-state index in [0.717, 1.165) is 33.4 Å². The number of esters is 1. The molecular formula is C93H122N12O26S2. The number of ether oxygens (including phenoxy) is 3. The summed E-state index contributed by atoms with van der Waals surface area (Å²) >= 11 is 0. The number of ketones is 3. The van der Waals surface area contributed by atoms with Crippen molar-refractivity contribution in [2.45, 2.75) is 201 Å². The van der Waals surface area contributed by atoms with Gasteiger partial charge in [0, 0.05) is 147 Å². The van der Waals surface area contributed by atoms with Crippen LogP contribution in [-0.4, -0.2) is 296 Å². The third-order valence-corrected chi connectivity index (χ3v) is 29.0. The number of aliphatic hydroxyl groups excluding tert-OH is 1. The van der Waals surface area contributed by atoms with Gasteiger partial charge in [0.1, 0.15) is 35.4 Å². The monoisotopic (exact) mass is 1890 g/mol. The number of piperidine rings is 1. The molecule has 722 valence electrons. The molecule has 5 aliphatic heterocycles. The van der Waals surface area contributed by atoms with Crippen LogP contribution in [0.15, 0.2) is 109 Å². The summed E-state index contributed by atoms with van der Waals surface area (Å²) in [6, 6.07) is 19.2. The van der Waals surface area contributed by atoms with E-state index in [2.05, 4.69) is 53.5 Å². The van der Waals surface area contributed by atoms with Gasteiger partial charge in [0.15, 0.2) is 23.0 Å². The summed E-state index contributed by atoms with van der Waals surface area (Å²) in [5.74, 6) is -14.0. The first-order chi connectivity index (χ1) is 63.3. The first kappa shape index (κ1) is 104. The van der Waals surface area contributed by atoms with Crippen LogP contribution in [0.1, 0.15) is 145 Å². The number of nitrogens with zero attached hydrogens (tertiary/aromatic N) is 3. The maximum absolute atomic E-state index is 15.3. The van der Waals surface area contributed by atoms with Gasteiger partial charge in [0.2, 0.25) is 23.6 Å². The molecule has 1 aliphatic carbocycles. The number of Topliss-reactive ketones (excluding diaryl/α,β-unsaturated/α-hetero) is 3. The molecule has 17 atom stereocenters. The number of fused-ring (bicyclic) bond motifs is 6. The maximum Gasteiger partial charge on any atom is 0.407 e. The van der Waals surface area contributed by atoms with Crippen LogP contribution in [0.3, 0.4) is 0 Å². The minimum Gasteiger partial charge on any atom is -0.496 e. The molecular weight excluding hydrogens is 1770 g/mol. The predicted octanol–water partition coefficient (Wildman–Crippen LogP) is 3.92. The van der Waals surface area contributed by atoms with Crippen LogP contribution in [0, 0.1) is 23.2 Å². The van der Waals surface area contributed by atoms with Gasteiger partial charge in [-0.05, 0) is 118 Å². The number of alkyl carbamates (subject to hydrolysis) is 1. The Morgan fingerprint density at radius 2 is 1.29 bits per heavy atom. The molecule has 6 aliphatic rings. The zero-order chi connectivity index (χ0) is 97.0. The molecule has 6 heterocycles. The number of urea groups is 1. The van der Waals surface area contributed by atoms with E-state index in [1.807, 2.05) is 79.8 Å². The Bertz CT molecular complexity index is 5130. The first-order valence-electron chi connectivity index (χ1n) is 44.6. The predicted molar refractivity (Wildman–Crippen MR) is 489 cm³/mol. The number of likely N-dealkylation sites (N-methyl/N-ethyl adjacent to an activating group) is 1. The largest absolute Gasteiger partial charge is 0.496 e. The van der Waals surface area contributed by atoms with Gasteiger partial charge >= 0.3 is 47.9 Å². The Kier molecular flexibility index (Phi) is 35.8. The highest BCUT2D eigenvalue weighted by atomic mass is 33.1. The molecule has 1 aromatic heterocycles.